The lowest BCUT2D eigenvalue weighted by Crippen LogP contribution is -2.26. The van der Waals surface area contributed by atoms with Gasteiger partial charge in [-0.2, -0.15) is 10.1 Å². The zero-order valence-corrected chi connectivity index (χ0v) is 17.0. The molecule has 0 saturated heterocycles. The first-order valence-electron chi connectivity index (χ1n) is 9.29. The highest BCUT2D eigenvalue weighted by atomic mass is 16.3. The molecule has 0 saturated carbocycles. The molecular formula is C20H24N8O2. The number of aliphatic hydroxyl groups is 1. The van der Waals surface area contributed by atoms with E-state index in [1.54, 1.807) is 32.4 Å². The van der Waals surface area contributed by atoms with Gasteiger partial charge in [-0.3, -0.25) is 14.5 Å². The Morgan fingerprint density at radius 3 is 2.50 bits per heavy atom. The van der Waals surface area contributed by atoms with E-state index in [0.29, 0.717) is 11.3 Å². The second kappa shape index (κ2) is 8.37. The molecule has 1 atom stereocenters. The minimum Gasteiger partial charge on any atom is -0.389 e. The highest BCUT2D eigenvalue weighted by Gasteiger charge is 2.17. The Morgan fingerprint density at radius 1 is 1.20 bits per heavy atom. The predicted molar refractivity (Wildman–Crippen MR) is 113 cm³/mol. The van der Waals surface area contributed by atoms with E-state index in [1.165, 1.54) is 17.1 Å². The van der Waals surface area contributed by atoms with Gasteiger partial charge in [0.15, 0.2) is 0 Å². The van der Waals surface area contributed by atoms with Crippen LogP contribution in [0.1, 0.15) is 42.6 Å². The number of aliphatic imine (C=N–C) groups is 1. The van der Waals surface area contributed by atoms with Gasteiger partial charge in [0.25, 0.3) is 5.91 Å². The average molecular weight is 408 g/mol. The fourth-order valence-electron chi connectivity index (χ4n) is 2.71. The first-order valence-corrected chi connectivity index (χ1v) is 9.29. The van der Waals surface area contributed by atoms with Crippen LogP contribution in [0.4, 0.5) is 5.95 Å². The normalized spacial score (nSPS) is 13.3. The van der Waals surface area contributed by atoms with Gasteiger partial charge in [-0.25, -0.2) is 9.97 Å². The molecule has 10 heteroatoms. The summed E-state index contributed by atoms with van der Waals surface area (Å²) in [5.74, 6) is -0.446. The van der Waals surface area contributed by atoms with Gasteiger partial charge in [-0.15, -0.1) is 0 Å². The Hall–Kier alpha value is -3.66. The van der Waals surface area contributed by atoms with E-state index < -0.39 is 11.5 Å². The highest BCUT2D eigenvalue weighted by Crippen LogP contribution is 2.20. The number of carbonyl (C=O) groups excluding carboxylic acids is 1. The zero-order chi connectivity index (χ0) is 21.9. The largest absolute Gasteiger partial charge is 0.389 e. The second-order valence-electron chi connectivity index (χ2n) is 7.61. The Morgan fingerprint density at radius 2 is 1.90 bits per heavy atom. The van der Waals surface area contributed by atoms with E-state index in [1.807, 2.05) is 19.1 Å². The van der Waals surface area contributed by atoms with Crippen LogP contribution in [0.5, 0.6) is 0 Å². The molecule has 0 aliphatic rings. The van der Waals surface area contributed by atoms with Crippen LogP contribution < -0.4 is 11.5 Å². The third kappa shape index (κ3) is 5.23. The van der Waals surface area contributed by atoms with Crippen LogP contribution in [0.2, 0.25) is 0 Å². The Kier molecular flexibility index (Phi) is 5.88. The van der Waals surface area contributed by atoms with Gasteiger partial charge < -0.3 is 16.6 Å². The summed E-state index contributed by atoms with van der Waals surface area (Å²) in [6.07, 6.45) is 7.80. The maximum absolute atomic E-state index is 12.4. The van der Waals surface area contributed by atoms with Crippen LogP contribution in [-0.2, 0) is 6.54 Å². The number of nitrogens with two attached hydrogens (primary N) is 2. The molecule has 0 aliphatic carbocycles. The molecule has 5 N–H and O–H groups in total. The number of rotatable bonds is 6. The number of carbonyl (C=O) groups is 1. The summed E-state index contributed by atoms with van der Waals surface area (Å²) in [4.78, 5) is 28.7. The third-order valence-corrected chi connectivity index (χ3v) is 4.36. The lowest BCUT2D eigenvalue weighted by Gasteiger charge is -2.16. The van der Waals surface area contributed by atoms with Gasteiger partial charge in [0, 0.05) is 36.3 Å². The van der Waals surface area contributed by atoms with Crippen molar-refractivity contribution < 1.29 is 9.90 Å². The number of amides is 1. The molecule has 0 aromatic carbocycles. The molecule has 1 unspecified atom stereocenters. The van der Waals surface area contributed by atoms with Crippen LogP contribution in [0.15, 0.2) is 48.1 Å². The van der Waals surface area contributed by atoms with E-state index in [-0.39, 0.29) is 24.2 Å². The fourth-order valence-corrected chi connectivity index (χ4v) is 2.71. The van der Waals surface area contributed by atoms with Crippen molar-refractivity contribution in [3.63, 3.8) is 0 Å². The van der Waals surface area contributed by atoms with E-state index in [9.17, 15) is 9.90 Å². The first kappa shape index (κ1) is 21.1. The smallest absolute Gasteiger partial charge is 0.281 e. The topological polar surface area (TPSA) is 158 Å². The summed E-state index contributed by atoms with van der Waals surface area (Å²) in [5.41, 5.74) is 13.2. The molecule has 3 aromatic heterocycles. The number of amidine groups is 1. The zero-order valence-electron chi connectivity index (χ0n) is 17.0. The summed E-state index contributed by atoms with van der Waals surface area (Å²) in [7, 11) is 0. The fraction of sp³-hybridized carbons (Fsp3) is 0.300. The molecule has 0 fully saturated rings. The number of hydrogen-bond donors (Lipinski definition) is 3. The van der Waals surface area contributed by atoms with Crippen molar-refractivity contribution in [1.29, 1.82) is 0 Å². The second-order valence-corrected chi connectivity index (χ2v) is 7.61. The number of anilines is 1. The Labute approximate surface area is 173 Å². The minimum absolute atomic E-state index is 0.167. The van der Waals surface area contributed by atoms with E-state index >= 15 is 0 Å². The molecule has 30 heavy (non-hydrogen) atoms. The average Bonchev–Trinajstić information content (AvgIpc) is 3.15. The Balaban J connectivity index is 1.71. The molecule has 156 valence electrons. The molecule has 0 bridgehead atoms. The quantitative estimate of drug-likeness (QED) is 0.408. The van der Waals surface area contributed by atoms with E-state index in [4.69, 9.17) is 11.5 Å². The van der Waals surface area contributed by atoms with Gasteiger partial charge in [0.1, 0.15) is 5.84 Å². The molecule has 3 heterocycles. The van der Waals surface area contributed by atoms with Gasteiger partial charge in [0.2, 0.25) is 5.95 Å². The van der Waals surface area contributed by atoms with Crippen molar-refractivity contribution >= 4 is 17.7 Å². The first-order chi connectivity index (χ1) is 14.1. The van der Waals surface area contributed by atoms with Crippen LogP contribution in [0.25, 0.3) is 11.3 Å². The van der Waals surface area contributed by atoms with Gasteiger partial charge in [0.05, 0.1) is 29.6 Å². The van der Waals surface area contributed by atoms with Crippen LogP contribution in [-0.4, -0.2) is 47.2 Å². The molecule has 0 radical (unpaired) electrons. The monoisotopic (exact) mass is 408 g/mol. The van der Waals surface area contributed by atoms with Gasteiger partial charge in [-0.05, 0) is 25.5 Å². The van der Waals surface area contributed by atoms with Crippen molar-refractivity contribution in [2.45, 2.75) is 38.8 Å². The van der Waals surface area contributed by atoms with Crippen molar-refractivity contribution in [3.8, 4) is 11.3 Å². The van der Waals surface area contributed by atoms with Crippen molar-refractivity contribution in [2.75, 3.05) is 5.73 Å². The molecule has 0 spiro atoms. The van der Waals surface area contributed by atoms with E-state index in [2.05, 4.69) is 25.0 Å². The predicted octanol–water partition coefficient (Wildman–Crippen LogP) is 1.39. The summed E-state index contributed by atoms with van der Waals surface area (Å²) in [5, 5.41) is 13.9. The van der Waals surface area contributed by atoms with Crippen LogP contribution in [0.3, 0.4) is 0 Å². The SMILES string of the molecule is CC(C(N)=NC(=O)c1cnn(CC(C)(C)O)c1)c1ccc(-c2cnc(N)nc2)nc1. The number of aromatic nitrogens is 5. The summed E-state index contributed by atoms with van der Waals surface area (Å²) in [6.45, 7) is 5.42. The molecule has 3 aromatic rings. The number of pyridine rings is 1. The van der Waals surface area contributed by atoms with E-state index in [0.717, 1.165) is 11.1 Å². The molecular weight excluding hydrogens is 384 g/mol. The third-order valence-electron chi connectivity index (χ3n) is 4.36. The minimum atomic E-state index is -0.944. The lowest BCUT2D eigenvalue weighted by atomic mass is 10.0. The van der Waals surface area contributed by atoms with Crippen molar-refractivity contribution in [1.82, 2.24) is 24.7 Å². The van der Waals surface area contributed by atoms with Gasteiger partial charge in [-0.1, -0.05) is 13.0 Å². The molecule has 3 rings (SSSR count). The van der Waals surface area contributed by atoms with Crippen LogP contribution >= 0.6 is 0 Å². The molecule has 0 aliphatic heterocycles. The van der Waals surface area contributed by atoms with Crippen molar-refractivity contribution in [3.05, 3.63) is 54.2 Å². The van der Waals surface area contributed by atoms with Gasteiger partial charge >= 0.3 is 0 Å². The summed E-state index contributed by atoms with van der Waals surface area (Å²) in [6, 6.07) is 3.67. The highest BCUT2D eigenvalue weighted by molar-refractivity contribution is 6.04. The summed E-state index contributed by atoms with van der Waals surface area (Å²) >= 11 is 0. The molecule has 10 nitrogen and oxygen atoms in total. The maximum Gasteiger partial charge on any atom is 0.281 e. The maximum atomic E-state index is 12.4. The number of nitrogens with zero attached hydrogens (tertiary/aromatic N) is 6. The molecule has 1 amide bonds. The Bertz CT molecular complexity index is 1050. The lowest BCUT2D eigenvalue weighted by molar-refractivity contribution is 0.0576. The van der Waals surface area contributed by atoms with Crippen molar-refractivity contribution in [2.24, 2.45) is 10.7 Å². The number of nitrogen functional groups attached to an aromatic ring is 1. The standard InChI is InChI=1S/C20H24N8O2/c1-12(13-4-5-16(23-6-13)14-7-24-19(22)25-8-14)17(21)27-18(29)15-9-26-28(10-15)11-20(2,3)30/h4-10,12,30H,11H2,1-3H3,(H2,21,27,29)(H2,22,24,25). The number of hydrogen-bond acceptors (Lipinski definition) is 7. The van der Waals surface area contributed by atoms with Crippen LogP contribution in [0, 0.1) is 0 Å². The summed E-state index contributed by atoms with van der Waals surface area (Å²) < 4.78 is 1.49.